The lowest BCUT2D eigenvalue weighted by Gasteiger charge is -2.18. The number of amides is 1. The highest BCUT2D eigenvalue weighted by Crippen LogP contribution is 2.28. The summed E-state index contributed by atoms with van der Waals surface area (Å²) >= 11 is 6.06. The van der Waals surface area contributed by atoms with Crippen molar-refractivity contribution in [3.8, 4) is 0 Å². The van der Waals surface area contributed by atoms with Crippen LogP contribution in [0.15, 0.2) is 55.1 Å². The maximum absolute atomic E-state index is 12.5. The lowest BCUT2D eigenvalue weighted by atomic mass is 10.1. The highest BCUT2D eigenvalue weighted by Gasteiger charge is 2.11. The number of hydrogen-bond acceptors (Lipinski definition) is 4. The van der Waals surface area contributed by atoms with E-state index >= 15 is 0 Å². The monoisotopic (exact) mass is 355 g/mol. The minimum absolute atomic E-state index is 0.183. The number of benzene rings is 2. The summed E-state index contributed by atoms with van der Waals surface area (Å²) in [5.41, 5.74) is 3.18. The lowest BCUT2D eigenvalue weighted by Crippen LogP contribution is -2.16. The van der Waals surface area contributed by atoms with E-state index in [-0.39, 0.29) is 5.91 Å². The molecule has 1 amide bonds. The Balaban J connectivity index is 1.74. The molecule has 0 aliphatic heterocycles. The van der Waals surface area contributed by atoms with Crippen LogP contribution < -0.4 is 10.2 Å². The summed E-state index contributed by atoms with van der Waals surface area (Å²) < 4.78 is 1.73. The van der Waals surface area contributed by atoms with E-state index < -0.39 is 0 Å². The van der Waals surface area contributed by atoms with Crippen LogP contribution in [0.3, 0.4) is 0 Å². The molecule has 0 aliphatic rings. The van der Waals surface area contributed by atoms with Crippen LogP contribution in [-0.2, 0) is 6.54 Å². The number of carbonyl (C=O) groups is 1. The Bertz CT molecular complexity index is 860. The summed E-state index contributed by atoms with van der Waals surface area (Å²) in [4.78, 5) is 18.4. The van der Waals surface area contributed by atoms with Gasteiger partial charge in [-0.1, -0.05) is 23.7 Å². The summed E-state index contributed by atoms with van der Waals surface area (Å²) in [6.07, 6.45) is 3.15. The van der Waals surface area contributed by atoms with Crippen molar-refractivity contribution in [1.29, 1.82) is 0 Å². The highest BCUT2D eigenvalue weighted by atomic mass is 35.5. The number of nitrogens with one attached hydrogen (secondary N) is 1. The van der Waals surface area contributed by atoms with Crippen LogP contribution in [0, 0.1) is 0 Å². The molecule has 1 aromatic heterocycles. The van der Waals surface area contributed by atoms with Crippen LogP contribution in [0.2, 0.25) is 5.02 Å². The first kappa shape index (κ1) is 17.0. The van der Waals surface area contributed by atoms with E-state index in [1.165, 1.54) is 6.33 Å². The third kappa shape index (κ3) is 4.16. The number of hydrogen-bond donors (Lipinski definition) is 1. The van der Waals surface area contributed by atoms with Crippen LogP contribution in [0.1, 0.15) is 15.9 Å². The molecule has 0 atom stereocenters. The predicted molar refractivity (Wildman–Crippen MR) is 99.3 cm³/mol. The summed E-state index contributed by atoms with van der Waals surface area (Å²) in [5, 5.41) is 7.56. The summed E-state index contributed by atoms with van der Waals surface area (Å²) in [7, 11) is 3.83. The largest absolute Gasteiger partial charge is 0.376 e. The normalized spacial score (nSPS) is 10.5. The van der Waals surface area contributed by atoms with Gasteiger partial charge in [0.05, 0.1) is 17.9 Å². The van der Waals surface area contributed by atoms with Crippen molar-refractivity contribution in [2.24, 2.45) is 0 Å². The van der Waals surface area contributed by atoms with Gasteiger partial charge in [-0.05, 0) is 35.9 Å². The zero-order chi connectivity index (χ0) is 17.8. The standard InChI is InChI=1S/C18H18ClN5O/c1-23(2)17-8-7-15(19)9-16(17)22-18(25)14-5-3-13(4-6-14)10-24-12-20-11-21-24/h3-9,11-12H,10H2,1-2H3,(H,22,25). The smallest absolute Gasteiger partial charge is 0.255 e. The van der Waals surface area contributed by atoms with Gasteiger partial charge in [0.15, 0.2) is 0 Å². The van der Waals surface area contributed by atoms with Crippen LogP contribution >= 0.6 is 11.6 Å². The molecule has 0 spiro atoms. The van der Waals surface area contributed by atoms with Gasteiger partial charge in [0, 0.05) is 24.7 Å². The van der Waals surface area contributed by atoms with Gasteiger partial charge in [-0.25, -0.2) is 9.67 Å². The Hall–Kier alpha value is -2.86. The lowest BCUT2D eigenvalue weighted by molar-refractivity contribution is 0.102. The van der Waals surface area contributed by atoms with Gasteiger partial charge < -0.3 is 10.2 Å². The number of halogens is 1. The molecule has 0 saturated heterocycles. The van der Waals surface area contributed by atoms with Crippen molar-refractivity contribution >= 4 is 28.9 Å². The summed E-state index contributed by atoms with van der Waals surface area (Å²) in [6.45, 7) is 0.612. The van der Waals surface area contributed by atoms with Crippen LogP contribution in [0.5, 0.6) is 0 Å². The van der Waals surface area contributed by atoms with Crippen molar-refractivity contribution in [1.82, 2.24) is 14.8 Å². The van der Waals surface area contributed by atoms with Crippen molar-refractivity contribution in [2.75, 3.05) is 24.3 Å². The molecular weight excluding hydrogens is 338 g/mol. The van der Waals surface area contributed by atoms with Crippen LogP contribution in [0.4, 0.5) is 11.4 Å². The summed E-state index contributed by atoms with van der Waals surface area (Å²) in [5.74, 6) is -0.183. The van der Waals surface area contributed by atoms with Crippen LogP contribution in [0.25, 0.3) is 0 Å². The minimum Gasteiger partial charge on any atom is -0.376 e. The van der Waals surface area contributed by atoms with Gasteiger partial charge in [0.25, 0.3) is 5.91 Å². The third-order valence-electron chi connectivity index (χ3n) is 3.72. The van der Waals surface area contributed by atoms with E-state index in [9.17, 15) is 4.79 Å². The van der Waals surface area contributed by atoms with Gasteiger partial charge >= 0.3 is 0 Å². The SMILES string of the molecule is CN(C)c1ccc(Cl)cc1NC(=O)c1ccc(Cn2cncn2)cc1. The molecule has 6 nitrogen and oxygen atoms in total. The van der Waals surface area contributed by atoms with E-state index in [1.807, 2.05) is 37.2 Å². The van der Waals surface area contributed by atoms with E-state index in [1.54, 1.807) is 35.3 Å². The highest BCUT2D eigenvalue weighted by molar-refractivity contribution is 6.31. The maximum Gasteiger partial charge on any atom is 0.255 e. The van der Waals surface area contributed by atoms with Crippen molar-refractivity contribution in [3.05, 3.63) is 71.3 Å². The maximum atomic E-state index is 12.5. The van der Waals surface area contributed by atoms with E-state index in [2.05, 4.69) is 15.4 Å². The van der Waals surface area contributed by atoms with Gasteiger partial charge in [0.2, 0.25) is 0 Å². The van der Waals surface area contributed by atoms with E-state index in [0.717, 1.165) is 11.3 Å². The second-order valence-electron chi connectivity index (χ2n) is 5.80. The van der Waals surface area contributed by atoms with Gasteiger partial charge in [-0.15, -0.1) is 0 Å². The third-order valence-corrected chi connectivity index (χ3v) is 3.95. The Morgan fingerprint density at radius 3 is 2.60 bits per heavy atom. The second kappa shape index (κ2) is 7.36. The molecule has 0 radical (unpaired) electrons. The molecule has 0 aliphatic carbocycles. The Morgan fingerprint density at radius 2 is 1.96 bits per heavy atom. The quantitative estimate of drug-likeness (QED) is 0.762. The first-order valence-electron chi connectivity index (χ1n) is 7.72. The first-order valence-corrected chi connectivity index (χ1v) is 8.10. The number of nitrogens with zero attached hydrogens (tertiary/aromatic N) is 4. The molecule has 3 aromatic rings. The van der Waals surface area contributed by atoms with Gasteiger partial charge in [0.1, 0.15) is 12.7 Å². The van der Waals surface area contributed by atoms with Crippen molar-refractivity contribution < 1.29 is 4.79 Å². The van der Waals surface area contributed by atoms with Gasteiger partial charge in [-0.3, -0.25) is 4.79 Å². The zero-order valence-electron chi connectivity index (χ0n) is 14.0. The molecule has 3 rings (SSSR count). The topological polar surface area (TPSA) is 63.1 Å². The molecule has 0 fully saturated rings. The molecule has 0 saturated carbocycles. The average Bonchev–Trinajstić information content (AvgIpc) is 3.08. The number of rotatable bonds is 5. The molecular formula is C18H18ClN5O. The number of aromatic nitrogens is 3. The van der Waals surface area contributed by atoms with Gasteiger partial charge in [-0.2, -0.15) is 5.10 Å². The number of carbonyl (C=O) groups excluding carboxylic acids is 1. The molecule has 0 bridgehead atoms. The fourth-order valence-electron chi connectivity index (χ4n) is 2.46. The molecule has 7 heteroatoms. The van der Waals surface area contributed by atoms with Crippen molar-refractivity contribution in [2.45, 2.75) is 6.54 Å². The summed E-state index contributed by atoms with van der Waals surface area (Å²) in [6, 6.07) is 12.8. The Kier molecular flexibility index (Phi) is 5.00. The first-order chi connectivity index (χ1) is 12.0. The molecule has 2 aromatic carbocycles. The molecule has 1 heterocycles. The van der Waals surface area contributed by atoms with E-state index in [0.29, 0.717) is 22.8 Å². The fraction of sp³-hybridized carbons (Fsp3) is 0.167. The average molecular weight is 356 g/mol. The molecule has 128 valence electrons. The molecule has 1 N–H and O–H groups in total. The minimum atomic E-state index is -0.183. The zero-order valence-corrected chi connectivity index (χ0v) is 14.7. The van der Waals surface area contributed by atoms with Crippen LogP contribution in [-0.4, -0.2) is 34.8 Å². The number of anilines is 2. The molecule has 0 unspecified atom stereocenters. The fourth-order valence-corrected chi connectivity index (χ4v) is 2.63. The predicted octanol–water partition coefficient (Wildman–Crippen LogP) is 3.30. The Labute approximate surface area is 151 Å². The van der Waals surface area contributed by atoms with E-state index in [4.69, 9.17) is 11.6 Å². The van der Waals surface area contributed by atoms with Crippen molar-refractivity contribution in [3.63, 3.8) is 0 Å². The molecule has 25 heavy (non-hydrogen) atoms. The Morgan fingerprint density at radius 1 is 1.20 bits per heavy atom. The second-order valence-corrected chi connectivity index (χ2v) is 6.24.